The summed E-state index contributed by atoms with van der Waals surface area (Å²) in [6.07, 6.45) is 0.188. The maximum Gasteiger partial charge on any atom is 0.326 e. The van der Waals surface area contributed by atoms with Gasteiger partial charge >= 0.3 is 5.97 Å². The molecule has 0 aliphatic carbocycles. The fourth-order valence-corrected chi connectivity index (χ4v) is 1.72. The van der Waals surface area contributed by atoms with Crippen LogP contribution in [0.15, 0.2) is 24.3 Å². The van der Waals surface area contributed by atoms with Crippen molar-refractivity contribution in [3.8, 4) is 11.5 Å². The van der Waals surface area contributed by atoms with Crippen LogP contribution in [-0.4, -0.2) is 50.0 Å². The summed E-state index contributed by atoms with van der Waals surface area (Å²) in [6, 6.07) is 5.96. The quantitative estimate of drug-likeness (QED) is 0.671. The summed E-state index contributed by atoms with van der Waals surface area (Å²) >= 11 is 0. The first-order valence-electron chi connectivity index (χ1n) is 6.94. The van der Waals surface area contributed by atoms with E-state index in [1.165, 1.54) is 7.11 Å². The largest absolute Gasteiger partial charge is 0.490 e. The van der Waals surface area contributed by atoms with Crippen molar-refractivity contribution in [2.24, 2.45) is 0 Å². The van der Waals surface area contributed by atoms with E-state index in [2.05, 4.69) is 5.32 Å². The highest BCUT2D eigenvalue weighted by atomic mass is 16.5. The highest BCUT2D eigenvalue weighted by molar-refractivity contribution is 5.84. The van der Waals surface area contributed by atoms with Gasteiger partial charge in [0.15, 0.2) is 18.1 Å². The molecule has 0 aliphatic heterocycles. The lowest BCUT2D eigenvalue weighted by molar-refractivity contribution is -0.142. The van der Waals surface area contributed by atoms with Gasteiger partial charge < -0.3 is 24.6 Å². The van der Waals surface area contributed by atoms with Crippen LogP contribution in [-0.2, 0) is 14.3 Å². The molecule has 7 nitrogen and oxygen atoms in total. The van der Waals surface area contributed by atoms with E-state index in [1.807, 2.05) is 6.92 Å². The predicted octanol–water partition coefficient (Wildman–Crippen LogP) is 1.07. The SMILES string of the molecule is CCOc1ccccc1OCC(=O)NC(CCOC)C(=O)O. The van der Waals surface area contributed by atoms with E-state index >= 15 is 0 Å². The Morgan fingerprint density at radius 2 is 1.86 bits per heavy atom. The molecular formula is C15H21NO6. The molecule has 0 aromatic heterocycles. The molecule has 0 aliphatic rings. The van der Waals surface area contributed by atoms with Crippen molar-refractivity contribution in [3.05, 3.63) is 24.3 Å². The minimum atomic E-state index is -1.11. The minimum absolute atomic E-state index is 0.188. The van der Waals surface area contributed by atoms with Crippen LogP contribution in [0.2, 0.25) is 0 Å². The summed E-state index contributed by atoms with van der Waals surface area (Å²) in [5.41, 5.74) is 0. The van der Waals surface area contributed by atoms with Crippen LogP contribution in [0.5, 0.6) is 11.5 Å². The number of hydrogen-bond donors (Lipinski definition) is 2. The number of para-hydroxylation sites is 2. The highest BCUT2D eigenvalue weighted by Gasteiger charge is 2.20. The van der Waals surface area contributed by atoms with E-state index in [1.54, 1.807) is 24.3 Å². The Kier molecular flexibility index (Phi) is 7.77. The van der Waals surface area contributed by atoms with Crippen molar-refractivity contribution in [2.45, 2.75) is 19.4 Å². The zero-order valence-corrected chi connectivity index (χ0v) is 12.7. The van der Waals surface area contributed by atoms with Crippen LogP contribution in [0.1, 0.15) is 13.3 Å². The second-order valence-electron chi connectivity index (χ2n) is 4.41. The van der Waals surface area contributed by atoms with Crippen molar-refractivity contribution < 1.29 is 28.9 Å². The van der Waals surface area contributed by atoms with Crippen LogP contribution < -0.4 is 14.8 Å². The van der Waals surface area contributed by atoms with Crippen LogP contribution >= 0.6 is 0 Å². The second-order valence-corrected chi connectivity index (χ2v) is 4.41. The molecule has 0 fully saturated rings. The fraction of sp³-hybridized carbons (Fsp3) is 0.467. The van der Waals surface area contributed by atoms with Gasteiger partial charge in [0.1, 0.15) is 6.04 Å². The Hall–Kier alpha value is -2.28. The Labute approximate surface area is 129 Å². The third-order valence-corrected chi connectivity index (χ3v) is 2.75. The highest BCUT2D eigenvalue weighted by Crippen LogP contribution is 2.26. The molecule has 1 aromatic rings. The molecule has 1 rings (SSSR count). The summed E-state index contributed by atoms with van der Waals surface area (Å²) in [5.74, 6) is -0.662. The number of carboxylic acid groups (broad SMARTS) is 1. The van der Waals surface area contributed by atoms with E-state index in [4.69, 9.17) is 19.3 Å². The predicted molar refractivity (Wildman–Crippen MR) is 79.2 cm³/mol. The van der Waals surface area contributed by atoms with Gasteiger partial charge in [0.05, 0.1) is 6.61 Å². The number of carboxylic acids is 1. The molecule has 0 saturated carbocycles. The molecule has 0 spiro atoms. The zero-order valence-electron chi connectivity index (χ0n) is 12.7. The van der Waals surface area contributed by atoms with Gasteiger partial charge in [0.25, 0.3) is 5.91 Å². The normalized spacial score (nSPS) is 11.5. The van der Waals surface area contributed by atoms with Crippen molar-refractivity contribution in [3.63, 3.8) is 0 Å². The van der Waals surface area contributed by atoms with Crippen molar-refractivity contribution in [1.29, 1.82) is 0 Å². The summed E-state index contributed by atoms with van der Waals surface area (Å²) in [6.45, 7) is 2.27. The van der Waals surface area contributed by atoms with Crippen LogP contribution in [0.4, 0.5) is 0 Å². The number of rotatable bonds is 10. The summed E-state index contributed by atoms with van der Waals surface area (Å²) in [7, 11) is 1.47. The number of carbonyl (C=O) groups excluding carboxylic acids is 1. The molecule has 1 unspecified atom stereocenters. The van der Waals surface area contributed by atoms with Gasteiger partial charge in [0, 0.05) is 20.1 Å². The van der Waals surface area contributed by atoms with Gasteiger partial charge in [-0.25, -0.2) is 4.79 Å². The molecule has 122 valence electrons. The lowest BCUT2D eigenvalue weighted by atomic mass is 10.2. The van der Waals surface area contributed by atoms with Crippen LogP contribution in [0.3, 0.4) is 0 Å². The van der Waals surface area contributed by atoms with Gasteiger partial charge in [-0.2, -0.15) is 0 Å². The number of amides is 1. The first kappa shape index (κ1) is 17.8. The summed E-state index contributed by atoms with van der Waals surface area (Å²) in [4.78, 5) is 22.8. The lowest BCUT2D eigenvalue weighted by Gasteiger charge is -2.15. The standard InChI is InChI=1S/C15H21NO6/c1-3-21-12-6-4-5-7-13(12)22-10-14(17)16-11(15(18)19)8-9-20-2/h4-7,11H,3,8-10H2,1-2H3,(H,16,17)(H,18,19). The molecular weight excluding hydrogens is 290 g/mol. The summed E-state index contributed by atoms with van der Waals surface area (Å²) in [5, 5.41) is 11.4. The molecule has 1 amide bonds. The van der Waals surface area contributed by atoms with E-state index < -0.39 is 17.9 Å². The van der Waals surface area contributed by atoms with Crippen molar-refractivity contribution >= 4 is 11.9 Å². The van der Waals surface area contributed by atoms with Gasteiger partial charge in [-0.3, -0.25) is 4.79 Å². The number of benzene rings is 1. The number of carbonyl (C=O) groups is 2. The van der Waals surface area contributed by atoms with Gasteiger partial charge in [0.2, 0.25) is 0 Å². The summed E-state index contributed by atoms with van der Waals surface area (Å²) < 4.78 is 15.6. The third-order valence-electron chi connectivity index (χ3n) is 2.75. The molecule has 1 atom stereocenters. The second kappa shape index (κ2) is 9.62. The smallest absolute Gasteiger partial charge is 0.326 e. The van der Waals surface area contributed by atoms with Crippen molar-refractivity contribution in [2.75, 3.05) is 26.9 Å². The average molecular weight is 311 g/mol. The molecule has 0 heterocycles. The monoisotopic (exact) mass is 311 g/mol. The lowest BCUT2D eigenvalue weighted by Crippen LogP contribution is -2.43. The van der Waals surface area contributed by atoms with Gasteiger partial charge in [-0.15, -0.1) is 0 Å². The number of nitrogens with one attached hydrogen (secondary N) is 1. The molecule has 0 saturated heterocycles. The Bertz CT molecular complexity index is 491. The zero-order chi connectivity index (χ0) is 16.4. The van der Waals surface area contributed by atoms with Crippen LogP contribution in [0.25, 0.3) is 0 Å². The van der Waals surface area contributed by atoms with E-state index in [0.29, 0.717) is 18.1 Å². The number of hydrogen-bond acceptors (Lipinski definition) is 5. The molecule has 0 bridgehead atoms. The number of aliphatic carboxylic acids is 1. The first-order chi connectivity index (χ1) is 10.6. The topological polar surface area (TPSA) is 94.1 Å². The van der Waals surface area contributed by atoms with Gasteiger partial charge in [-0.05, 0) is 19.1 Å². The van der Waals surface area contributed by atoms with Crippen molar-refractivity contribution in [1.82, 2.24) is 5.32 Å². The maximum absolute atomic E-state index is 11.8. The molecule has 1 aromatic carbocycles. The van der Waals surface area contributed by atoms with E-state index in [0.717, 1.165) is 0 Å². The molecule has 2 N–H and O–H groups in total. The van der Waals surface area contributed by atoms with Gasteiger partial charge in [-0.1, -0.05) is 12.1 Å². The molecule has 0 radical (unpaired) electrons. The number of ether oxygens (including phenoxy) is 3. The average Bonchev–Trinajstić information content (AvgIpc) is 2.50. The molecule has 7 heteroatoms. The Morgan fingerprint density at radius 3 is 2.41 bits per heavy atom. The Morgan fingerprint density at radius 1 is 1.23 bits per heavy atom. The maximum atomic E-state index is 11.8. The minimum Gasteiger partial charge on any atom is -0.490 e. The Balaban J connectivity index is 2.53. The van der Waals surface area contributed by atoms with E-state index in [-0.39, 0.29) is 19.6 Å². The van der Waals surface area contributed by atoms with E-state index in [9.17, 15) is 9.59 Å². The van der Waals surface area contributed by atoms with Crippen LogP contribution in [0, 0.1) is 0 Å². The third kappa shape index (κ3) is 6.01. The fourth-order valence-electron chi connectivity index (χ4n) is 1.72. The molecule has 22 heavy (non-hydrogen) atoms. The first-order valence-corrected chi connectivity index (χ1v) is 6.94. The number of methoxy groups -OCH3 is 1.